The van der Waals surface area contributed by atoms with Gasteiger partial charge in [0.05, 0.1) is 0 Å². The van der Waals surface area contributed by atoms with Gasteiger partial charge in [0.1, 0.15) is 0 Å². The predicted octanol–water partition coefficient (Wildman–Crippen LogP) is 2.18. The van der Waals surface area contributed by atoms with Gasteiger partial charge in [-0.05, 0) is 37.1 Å². The van der Waals surface area contributed by atoms with Crippen molar-refractivity contribution in [2.24, 2.45) is 0 Å². The maximum atomic E-state index is 5.82. The summed E-state index contributed by atoms with van der Waals surface area (Å²) < 4.78 is 0. The smallest absolute Gasteiger partial charge is 0.0406 e. The van der Waals surface area contributed by atoms with Crippen LogP contribution in [0.1, 0.15) is 18.4 Å². The van der Waals surface area contributed by atoms with Crippen molar-refractivity contribution in [2.45, 2.75) is 25.4 Å². The molecule has 1 aliphatic rings. The number of rotatable bonds is 4. The van der Waals surface area contributed by atoms with Crippen molar-refractivity contribution in [2.75, 3.05) is 13.1 Å². The van der Waals surface area contributed by atoms with Gasteiger partial charge in [-0.2, -0.15) is 0 Å². The molecule has 1 aliphatic heterocycles. The van der Waals surface area contributed by atoms with E-state index in [2.05, 4.69) is 22.8 Å². The summed E-state index contributed by atoms with van der Waals surface area (Å²) in [5, 5.41) is 7.73. The Labute approximate surface area is 96.0 Å². The average molecular weight is 225 g/mol. The first-order valence-electron chi connectivity index (χ1n) is 5.53. The third-order valence-corrected chi connectivity index (χ3v) is 3.05. The molecular formula is C12H17ClN2. The third kappa shape index (κ3) is 3.49. The van der Waals surface area contributed by atoms with E-state index in [-0.39, 0.29) is 0 Å². The van der Waals surface area contributed by atoms with Crippen LogP contribution in [0.2, 0.25) is 5.02 Å². The van der Waals surface area contributed by atoms with E-state index in [0.717, 1.165) is 18.1 Å². The van der Waals surface area contributed by atoms with Crippen LogP contribution in [0.3, 0.4) is 0 Å². The van der Waals surface area contributed by atoms with Crippen molar-refractivity contribution in [3.05, 3.63) is 34.9 Å². The zero-order valence-electron chi connectivity index (χ0n) is 8.80. The van der Waals surface area contributed by atoms with Crippen LogP contribution in [0.25, 0.3) is 0 Å². The summed E-state index contributed by atoms with van der Waals surface area (Å²) in [5.41, 5.74) is 1.29. The van der Waals surface area contributed by atoms with Gasteiger partial charge in [-0.3, -0.25) is 0 Å². The second kappa shape index (κ2) is 5.50. The zero-order valence-corrected chi connectivity index (χ0v) is 9.56. The number of hydrogen-bond acceptors (Lipinski definition) is 2. The predicted molar refractivity (Wildman–Crippen MR) is 64.2 cm³/mol. The molecule has 0 spiro atoms. The fraction of sp³-hybridized carbons (Fsp3) is 0.500. The SMILES string of the molecule is Clc1ccc(CNCC2CCCN2)cc1. The maximum absolute atomic E-state index is 5.82. The van der Waals surface area contributed by atoms with Gasteiger partial charge < -0.3 is 10.6 Å². The molecule has 2 N–H and O–H groups in total. The minimum Gasteiger partial charge on any atom is -0.313 e. The van der Waals surface area contributed by atoms with E-state index in [1.54, 1.807) is 0 Å². The molecule has 0 radical (unpaired) electrons. The lowest BCUT2D eigenvalue weighted by Gasteiger charge is -2.11. The summed E-state index contributed by atoms with van der Waals surface area (Å²) >= 11 is 5.82. The van der Waals surface area contributed by atoms with Gasteiger partial charge in [-0.1, -0.05) is 23.7 Å². The zero-order chi connectivity index (χ0) is 10.5. The minimum absolute atomic E-state index is 0.664. The Morgan fingerprint density at radius 2 is 2.13 bits per heavy atom. The number of hydrogen-bond donors (Lipinski definition) is 2. The van der Waals surface area contributed by atoms with E-state index in [1.807, 2.05) is 12.1 Å². The Balaban J connectivity index is 1.71. The summed E-state index contributed by atoms with van der Waals surface area (Å²) in [6.07, 6.45) is 2.61. The monoisotopic (exact) mass is 224 g/mol. The summed E-state index contributed by atoms with van der Waals surface area (Å²) in [5.74, 6) is 0. The van der Waals surface area contributed by atoms with Gasteiger partial charge in [-0.15, -0.1) is 0 Å². The van der Waals surface area contributed by atoms with Crippen molar-refractivity contribution in [1.82, 2.24) is 10.6 Å². The van der Waals surface area contributed by atoms with Gasteiger partial charge in [0.15, 0.2) is 0 Å². The Kier molecular flexibility index (Phi) is 4.01. The summed E-state index contributed by atoms with van der Waals surface area (Å²) in [7, 11) is 0. The van der Waals surface area contributed by atoms with Gasteiger partial charge in [-0.25, -0.2) is 0 Å². The molecule has 2 rings (SSSR count). The van der Waals surface area contributed by atoms with E-state index in [9.17, 15) is 0 Å². The first-order valence-corrected chi connectivity index (χ1v) is 5.91. The molecule has 1 saturated heterocycles. The van der Waals surface area contributed by atoms with Crippen molar-refractivity contribution < 1.29 is 0 Å². The fourth-order valence-electron chi connectivity index (χ4n) is 1.92. The minimum atomic E-state index is 0.664. The quantitative estimate of drug-likeness (QED) is 0.820. The molecule has 0 amide bonds. The van der Waals surface area contributed by atoms with E-state index >= 15 is 0 Å². The van der Waals surface area contributed by atoms with E-state index in [0.29, 0.717) is 6.04 Å². The van der Waals surface area contributed by atoms with Gasteiger partial charge >= 0.3 is 0 Å². The normalized spacial score (nSPS) is 20.7. The molecule has 2 nitrogen and oxygen atoms in total. The molecule has 1 fully saturated rings. The Morgan fingerprint density at radius 3 is 2.80 bits per heavy atom. The van der Waals surface area contributed by atoms with Gasteiger partial charge in [0, 0.05) is 24.2 Å². The van der Waals surface area contributed by atoms with Crippen LogP contribution in [-0.4, -0.2) is 19.1 Å². The highest BCUT2D eigenvalue weighted by Gasteiger charge is 2.12. The van der Waals surface area contributed by atoms with Crippen molar-refractivity contribution in [1.29, 1.82) is 0 Å². The first kappa shape index (κ1) is 10.9. The summed E-state index contributed by atoms with van der Waals surface area (Å²) in [6, 6.07) is 8.67. The van der Waals surface area contributed by atoms with Gasteiger partial charge in [0.2, 0.25) is 0 Å². The average Bonchev–Trinajstić information content (AvgIpc) is 2.74. The highest BCUT2D eigenvalue weighted by atomic mass is 35.5. The van der Waals surface area contributed by atoms with Crippen molar-refractivity contribution >= 4 is 11.6 Å². The van der Waals surface area contributed by atoms with E-state index in [4.69, 9.17) is 11.6 Å². The molecule has 0 bridgehead atoms. The molecule has 3 heteroatoms. The highest BCUT2D eigenvalue weighted by Crippen LogP contribution is 2.09. The third-order valence-electron chi connectivity index (χ3n) is 2.80. The molecule has 0 saturated carbocycles. The molecule has 0 aromatic heterocycles. The number of halogens is 1. The van der Waals surface area contributed by atoms with E-state index in [1.165, 1.54) is 24.9 Å². The molecule has 1 heterocycles. The Bertz CT molecular complexity index is 291. The largest absolute Gasteiger partial charge is 0.313 e. The second-order valence-electron chi connectivity index (χ2n) is 4.05. The van der Waals surface area contributed by atoms with Crippen LogP contribution in [0.15, 0.2) is 24.3 Å². The van der Waals surface area contributed by atoms with Crippen LogP contribution >= 0.6 is 11.6 Å². The van der Waals surface area contributed by atoms with Crippen LogP contribution in [0, 0.1) is 0 Å². The standard InChI is InChI=1S/C12H17ClN2/c13-11-5-3-10(4-6-11)8-14-9-12-2-1-7-15-12/h3-6,12,14-15H,1-2,7-9H2. The molecule has 0 aliphatic carbocycles. The fourth-order valence-corrected chi connectivity index (χ4v) is 2.05. The van der Waals surface area contributed by atoms with Crippen molar-refractivity contribution in [3.63, 3.8) is 0 Å². The number of nitrogens with one attached hydrogen (secondary N) is 2. The van der Waals surface area contributed by atoms with Crippen LogP contribution < -0.4 is 10.6 Å². The van der Waals surface area contributed by atoms with Crippen LogP contribution in [-0.2, 0) is 6.54 Å². The second-order valence-corrected chi connectivity index (χ2v) is 4.49. The molecule has 1 aromatic rings. The molecule has 82 valence electrons. The van der Waals surface area contributed by atoms with Crippen LogP contribution in [0.4, 0.5) is 0 Å². The highest BCUT2D eigenvalue weighted by molar-refractivity contribution is 6.30. The molecule has 1 atom stereocenters. The lowest BCUT2D eigenvalue weighted by molar-refractivity contribution is 0.536. The molecule has 1 unspecified atom stereocenters. The lowest BCUT2D eigenvalue weighted by Crippen LogP contribution is -2.33. The molecule has 1 aromatic carbocycles. The maximum Gasteiger partial charge on any atom is 0.0406 e. The lowest BCUT2D eigenvalue weighted by atomic mass is 10.2. The van der Waals surface area contributed by atoms with Gasteiger partial charge in [0.25, 0.3) is 0 Å². The first-order chi connectivity index (χ1) is 7.34. The molecule has 15 heavy (non-hydrogen) atoms. The van der Waals surface area contributed by atoms with E-state index < -0.39 is 0 Å². The topological polar surface area (TPSA) is 24.1 Å². The Morgan fingerprint density at radius 1 is 1.33 bits per heavy atom. The summed E-state index contributed by atoms with van der Waals surface area (Å²) in [4.78, 5) is 0. The number of benzene rings is 1. The van der Waals surface area contributed by atoms with Crippen LogP contribution in [0.5, 0.6) is 0 Å². The molecular weight excluding hydrogens is 208 g/mol. The van der Waals surface area contributed by atoms with Crippen molar-refractivity contribution in [3.8, 4) is 0 Å². The Hall–Kier alpha value is -0.570. The summed E-state index contributed by atoms with van der Waals surface area (Å²) in [6.45, 7) is 3.16.